The molecular weight excluding hydrogens is 230 g/mol. The highest BCUT2D eigenvalue weighted by atomic mass is 16.5. The van der Waals surface area contributed by atoms with Gasteiger partial charge in [-0.25, -0.2) is 0 Å². The number of ether oxygens (including phenoxy) is 1. The first-order valence-electron chi connectivity index (χ1n) is 6.82. The molecule has 0 atom stereocenters. The number of ketones is 1. The van der Waals surface area contributed by atoms with E-state index in [4.69, 9.17) is 4.74 Å². The molecule has 0 amide bonds. The Morgan fingerprint density at radius 1 is 0.944 bits per heavy atom. The number of nitrogens with zero attached hydrogens (tertiary/aromatic N) is 1. The van der Waals surface area contributed by atoms with E-state index in [0.29, 0.717) is 6.61 Å². The molecule has 0 fully saturated rings. The van der Waals surface area contributed by atoms with Gasteiger partial charge in [0.2, 0.25) is 0 Å². The van der Waals surface area contributed by atoms with E-state index in [0.717, 1.165) is 19.4 Å². The van der Waals surface area contributed by atoms with Crippen molar-refractivity contribution in [1.82, 2.24) is 4.90 Å². The monoisotopic (exact) mass is 257 g/mol. The lowest BCUT2D eigenvalue weighted by atomic mass is 10.1. The van der Waals surface area contributed by atoms with Gasteiger partial charge in [0, 0.05) is 0 Å². The van der Waals surface area contributed by atoms with Gasteiger partial charge in [-0.3, -0.25) is 9.59 Å². The fourth-order valence-electron chi connectivity index (χ4n) is 1.68. The molecule has 0 aliphatic rings. The smallest absolute Gasteiger partial charge is 0.313 e. The summed E-state index contributed by atoms with van der Waals surface area (Å²) < 4.78 is 4.95. The zero-order chi connectivity index (χ0) is 13.8. The third-order valence-corrected chi connectivity index (χ3v) is 2.66. The lowest BCUT2D eigenvalue weighted by Crippen LogP contribution is -2.12. The molecule has 18 heavy (non-hydrogen) atoms. The second-order valence-electron chi connectivity index (χ2n) is 5.02. The van der Waals surface area contributed by atoms with E-state index in [1.807, 2.05) is 0 Å². The molecule has 0 spiro atoms. The summed E-state index contributed by atoms with van der Waals surface area (Å²) >= 11 is 0. The van der Waals surface area contributed by atoms with Gasteiger partial charge in [0.25, 0.3) is 0 Å². The van der Waals surface area contributed by atoms with E-state index in [1.54, 1.807) is 0 Å². The Morgan fingerprint density at radius 3 is 2.06 bits per heavy atom. The molecule has 0 unspecified atom stereocenters. The number of unbranched alkanes of at least 4 members (excludes halogenated alkanes) is 5. The Bertz CT molecular complexity index is 239. The van der Waals surface area contributed by atoms with Gasteiger partial charge in [-0.2, -0.15) is 0 Å². The summed E-state index contributed by atoms with van der Waals surface area (Å²) in [4.78, 5) is 23.9. The summed E-state index contributed by atoms with van der Waals surface area (Å²) in [6.45, 7) is 3.00. The van der Waals surface area contributed by atoms with Gasteiger partial charge in [-0.1, -0.05) is 25.7 Å². The van der Waals surface area contributed by atoms with E-state index in [9.17, 15) is 9.59 Å². The molecule has 0 bridgehead atoms. The third-order valence-electron chi connectivity index (χ3n) is 2.66. The Morgan fingerprint density at radius 2 is 1.50 bits per heavy atom. The molecule has 0 aromatic heterocycles. The minimum Gasteiger partial charge on any atom is -0.465 e. The molecule has 0 radical (unpaired) electrons. The molecule has 0 N–H and O–H groups in total. The van der Waals surface area contributed by atoms with E-state index < -0.39 is 5.97 Å². The van der Waals surface area contributed by atoms with Gasteiger partial charge in [-0.05, 0) is 40.4 Å². The van der Waals surface area contributed by atoms with Crippen LogP contribution < -0.4 is 0 Å². The minimum absolute atomic E-state index is 0.0927. The fraction of sp³-hybridized carbons (Fsp3) is 0.857. The first-order valence-corrected chi connectivity index (χ1v) is 6.82. The van der Waals surface area contributed by atoms with Crippen LogP contribution in [0.15, 0.2) is 0 Å². The predicted octanol–water partition coefficient (Wildman–Crippen LogP) is 2.41. The van der Waals surface area contributed by atoms with Crippen molar-refractivity contribution >= 4 is 11.8 Å². The number of carbonyl (C=O) groups is 2. The third kappa shape index (κ3) is 13.2. The molecule has 0 aliphatic heterocycles. The van der Waals surface area contributed by atoms with Gasteiger partial charge in [0.1, 0.15) is 12.2 Å². The maximum atomic E-state index is 11.0. The normalized spacial score (nSPS) is 10.7. The topological polar surface area (TPSA) is 46.6 Å². The molecule has 0 rings (SSSR count). The Labute approximate surface area is 111 Å². The highest BCUT2D eigenvalue weighted by Gasteiger charge is 2.05. The number of hydrogen-bond acceptors (Lipinski definition) is 4. The summed E-state index contributed by atoms with van der Waals surface area (Å²) in [5, 5.41) is 0. The largest absolute Gasteiger partial charge is 0.465 e. The maximum absolute atomic E-state index is 11.0. The molecule has 4 heteroatoms. The number of hydrogen-bond donors (Lipinski definition) is 0. The van der Waals surface area contributed by atoms with Gasteiger partial charge >= 0.3 is 5.97 Å². The van der Waals surface area contributed by atoms with Crippen LogP contribution in [-0.2, 0) is 14.3 Å². The molecular formula is C14H27NO3. The van der Waals surface area contributed by atoms with Crippen LogP contribution in [0.2, 0.25) is 0 Å². The summed E-state index contributed by atoms with van der Waals surface area (Å²) in [5.74, 6) is -0.533. The van der Waals surface area contributed by atoms with E-state index in [2.05, 4.69) is 19.0 Å². The van der Waals surface area contributed by atoms with Crippen molar-refractivity contribution in [3.05, 3.63) is 0 Å². The van der Waals surface area contributed by atoms with E-state index in [-0.39, 0.29) is 12.2 Å². The van der Waals surface area contributed by atoms with Crippen LogP contribution in [0, 0.1) is 0 Å². The van der Waals surface area contributed by atoms with Crippen molar-refractivity contribution in [3.63, 3.8) is 0 Å². The Kier molecular flexibility index (Phi) is 10.6. The molecule has 0 aromatic carbocycles. The average Bonchev–Trinajstić information content (AvgIpc) is 2.25. The maximum Gasteiger partial charge on any atom is 0.313 e. The van der Waals surface area contributed by atoms with Crippen LogP contribution in [0.5, 0.6) is 0 Å². The van der Waals surface area contributed by atoms with Gasteiger partial charge in [0.05, 0.1) is 6.61 Å². The van der Waals surface area contributed by atoms with Crippen LogP contribution in [0.3, 0.4) is 0 Å². The lowest BCUT2D eigenvalue weighted by molar-refractivity contribution is -0.145. The molecule has 0 heterocycles. The first-order chi connectivity index (χ1) is 8.52. The Balaban J connectivity index is 3.16. The zero-order valence-electron chi connectivity index (χ0n) is 12.0. The van der Waals surface area contributed by atoms with Crippen LogP contribution in [-0.4, -0.2) is 43.9 Å². The van der Waals surface area contributed by atoms with Crippen LogP contribution in [0.25, 0.3) is 0 Å². The molecule has 0 aliphatic carbocycles. The second kappa shape index (κ2) is 11.2. The number of Topliss-reactive ketones (excluding diaryl/α,β-unsaturated/α-hetero) is 1. The number of esters is 1. The van der Waals surface area contributed by atoms with Crippen LogP contribution >= 0.6 is 0 Å². The minimum atomic E-state index is -0.395. The molecule has 4 nitrogen and oxygen atoms in total. The number of rotatable bonds is 11. The quantitative estimate of drug-likeness (QED) is 0.324. The van der Waals surface area contributed by atoms with Crippen molar-refractivity contribution in [3.8, 4) is 0 Å². The summed E-state index contributed by atoms with van der Waals surface area (Å²) in [7, 11) is 4.19. The van der Waals surface area contributed by atoms with Crippen LogP contribution in [0.1, 0.15) is 51.9 Å². The molecule has 106 valence electrons. The lowest BCUT2D eigenvalue weighted by Gasteiger charge is -2.08. The highest BCUT2D eigenvalue weighted by Crippen LogP contribution is 2.06. The van der Waals surface area contributed by atoms with E-state index >= 15 is 0 Å². The summed E-state index contributed by atoms with van der Waals surface area (Å²) in [6, 6.07) is 0. The van der Waals surface area contributed by atoms with Crippen LogP contribution in [0.4, 0.5) is 0 Å². The van der Waals surface area contributed by atoms with Crippen molar-refractivity contribution < 1.29 is 14.3 Å². The van der Waals surface area contributed by atoms with Gasteiger partial charge in [-0.15, -0.1) is 0 Å². The fourth-order valence-corrected chi connectivity index (χ4v) is 1.68. The standard InChI is InChI=1S/C14H27NO3/c1-13(16)12-14(17)18-11-9-7-5-4-6-8-10-15(2)3/h4-12H2,1-3H3. The first kappa shape index (κ1) is 17.1. The summed E-state index contributed by atoms with van der Waals surface area (Å²) in [6.07, 6.45) is 6.85. The molecule has 0 saturated heterocycles. The SMILES string of the molecule is CC(=O)CC(=O)OCCCCCCCCN(C)C. The highest BCUT2D eigenvalue weighted by molar-refractivity contribution is 5.94. The van der Waals surface area contributed by atoms with Gasteiger partial charge < -0.3 is 9.64 Å². The van der Waals surface area contributed by atoms with Gasteiger partial charge in [0.15, 0.2) is 0 Å². The average molecular weight is 257 g/mol. The Hall–Kier alpha value is -0.900. The van der Waals surface area contributed by atoms with Crippen molar-refractivity contribution in [1.29, 1.82) is 0 Å². The molecule has 0 aromatic rings. The predicted molar refractivity (Wildman–Crippen MR) is 72.5 cm³/mol. The zero-order valence-corrected chi connectivity index (χ0v) is 12.0. The second-order valence-corrected chi connectivity index (χ2v) is 5.02. The number of carbonyl (C=O) groups excluding carboxylic acids is 2. The van der Waals surface area contributed by atoms with Crippen molar-refractivity contribution in [2.45, 2.75) is 51.9 Å². The van der Waals surface area contributed by atoms with Crippen molar-refractivity contribution in [2.24, 2.45) is 0 Å². The van der Waals surface area contributed by atoms with E-state index in [1.165, 1.54) is 32.6 Å². The summed E-state index contributed by atoms with van der Waals surface area (Å²) in [5.41, 5.74) is 0. The molecule has 0 saturated carbocycles. The van der Waals surface area contributed by atoms with Crippen molar-refractivity contribution in [2.75, 3.05) is 27.2 Å².